The number of anilines is 1. The Hall–Kier alpha value is -2.70. The maximum absolute atomic E-state index is 13.1. The minimum atomic E-state index is -0.455. The third-order valence-electron chi connectivity index (χ3n) is 5.35. The fraction of sp³-hybridized carbons (Fsp3) is 0.421. The number of carbonyl (C=O) groups excluding carboxylic acids is 1. The first-order chi connectivity index (χ1) is 12.6. The Labute approximate surface area is 151 Å². The summed E-state index contributed by atoms with van der Waals surface area (Å²) in [5.41, 5.74) is 0.683. The number of ether oxygens (including phenoxy) is 1. The number of nitrogens with zero attached hydrogens (tertiary/aromatic N) is 4. The Morgan fingerprint density at radius 3 is 2.77 bits per heavy atom. The summed E-state index contributed by atoms with van der Waals surface area (Å²) >= 11 is 0. The molecule has 0 bridgehead atoms. The van der Waals surface area contributed by atoms with Crippen LogP contribution >= 0.6 is 0 Å². The van der Waals surface area contributed by atoms with Gasteiger partial charge in [-0.3, -0.25) is 4.79 Å². The highest BCUT2D eigenvalue weighted by Crippen LogP contribution is 2.42. The van der Waals surface area contributed by atoms with Gasteiger partial charge in [-0.1, -0.05) is 12.1 Å². The van der Waals surface area contributed by atoms with E-state index in [2.05, 4.69) is 9.97 Å². The van der Waals surface area contributed by atoms with Crippen LogP contribution < -0.4 is 9.64 Å². The van der Waals surface area contributed by atoms with Crippen molar-refractivity contribution >= 4 is 11.9 Å². The molecule has 2 aliphatic rings. The lowest BCUT2D eigenvalue weighted by molar-refractivity contribution is -0.135. The molecule has 1 unspecified atom stereocenters. The summed E-state index contributed by atoms with van der Waals surface area (Å²) in [6.45, 7) is 2.63. The number of hydrogen-bond acceptors (Lipinski definition) is 5. The van der Waals surface area contributed by atoms with Gasteiger partial charge in [0.05, 0.1) is 24.9 Å². The Bertz CT molecular complexity index is 813. The molecule has 1 atom stereocenters. The van der Waals surface area contributed by atoms with E-state index in [4.69, 9.17) is 4.74 Å². The van der Waals surface area contributed by atoms with Crippen LogP contribution in [0.1, 0.15) is 18.4 Å². The quantitative estimate of drug-likeness (QED) is 0.841. The van der Waals surface area contributed by atoms with Crippen molar-refractivity contribution in [3.63, 3.8) is 0 Å². The molecule has 1 aromatic carbocycles. The molecular formula is C19H21FN4O2. The van der Waals surface area contributed by atoms with Crippen LogP contribution in [0, 0.1) is 11.2 Å². The highest BCUT2D eigenvalue weighted by atomic mass is 19.1. The highest BCUT2D eigenvalue weighted by molar-refractivity contribution is 5.86. The number of benzene rings is 1. The van der Waals surface area contributed by atoms with Crippen LogP contribution in [-0.4, -0.2) is 47.5 Å². The predicted molar refractivity (Wildman–Crippen MR) is 94.3 cm³/mol. The molecule has 1 aromatic heterocycles. The van der Waals surface area contributed by atoms with Crippen molar-refractivity contribution < 1.29 is 13.9 Å². The van der Waals surface area contributed by atoms with Gasteiger partial charge in [0.2, 0.25) is 11.9 Å². The molecule has 26 heavy (non-hydrogen) atoms. The van der Waals surface area contributed by atoms with Crippen molar-refractivity contribution in [3.05, 3.63) is 48.0 Å². The van der Waals surface area contributed by atoms with E-state index in [0.717, 1.165) is 30.7 Å². The van der Waals surface area contributed by atoms with Crippen LogP contribution in [0.3, 0.4) is 0 Å². The number of methoxy groups -OCH3 is 1. The SMILES string of the molecule is COc1cccc(CN2CCC3(CCN(c4ncc(F)cn4)C3)C2=O)c1. The third-order valence-corrected chi connectivity index (χ3v) is 5.35. The summed E-state index contributed by atoms with van der Waals surface area (Å²) in [4.78, 5) is 25.1. The number of amides is 1. The van der Waals surface area contributed by atoms with Gasteiger partial charge in [0.1, 0.15) is 5.75 Å². The summed E-state index contributed by atoms with van der Waals surface area (Å²) in [5.74, 6) is 1.01. The minimum Gasteiger partial charge on any atom is -0.497 e. The Kier molecular flexibility index (Phi) is 4.22. The Morgan fingerprint density at radius 2 is 2.00 bits per heavy atom. The Morgan fingerprint density at radius 1 is 1.23 bits per heavy atom. The van der Waals surface area contributed by atoms with Gasteiger partial charge in [-0.15, -0.1) is 0 Å². The molecule has 2 fully saturated rings. The lowest BCUT2D eigenvalue weighted by atomic mass is 9.85. The van der Waals surface area contributed by atoms with Gasteiger partial charge in [-0.2, -0.15) is 0 Å². The second-order valence-corrected chi connectivity index (χ2v) is 6.98. The molecule has 7 heteroatoms. The highest BCUT2D eigenvalue weighted by Gasteiger charge is 2.51. The number of likely N-dealkylation sites (tertiary alicyclic amines) is 1. The zero-order valence-electron chi connectivity index (χ0n) is 14.7. The molecule has 2 aromatic rings. The number of hydrogen-bond donors (Lipinski definition) is 0. The van der Waals surface area contributed by atoms with Gasteiger partial charge >= 0.3 is 0 Å². The first-order valence-electron chi connectivity index (χ1n) is 8.74. The van der Waals surface area contributed by atoms with E-state index < -0.39 is 5.82 Å². The van der Waals surface area contributed by atoms with Gasteiger partial charge in [-0.05, 0) is 30.5 Å². The molecule has 0 saturated carbocycles. The maximum Gasteiger partial charge on any atom is 0.231 e. The average molecular weight is 356 g/mol. The molecule has 1 amide bonds. The third kappa shape index (κ3) is 2.98. The largest absolute Gasteiger partial charge is 0.497 e. The fourth-order valence-corrected chi connectivity index (χ4v) is 3.93. The molecule has 0 aliphatic carbocycles. The molecule has 6 nitrogen and oxygen atoms in total. The van der Waals surface area contributed by atoms with Gasteiger partial charge in [0.25, 0.3) is 0 Å². The standard InChI is InChI=1S/C19H21FN4O2/c1-26-16-4-2-3-14(9-16)12-23-7-5-19(17(23)25)6-8-24(13-19)18-21-10-15(20)11-22-18/h2-4,9-11H,5-8,12-13H2,1H3. The molecule has 136 valence electrons. The van der Waals surface area contributed by atoms with Crippen molar-refractivity contribution in [2.24, 2.45) is 5.41 Å². The summed E-state index contributed by atoms with van der Waals surface area (Å²) in [6.07, 6.45) is 3.94. The van der Waals surface area contributed by atoms with Crippen LogP contribution in [0.4, 0.5) is 10.3 Å². The van der Waals surface area contributed by atoms with E-state index in [0.29, 0.717) is 25.6 Å². The van der Waals surface area contributed by atoms with Gasteiger partial charge in [0.15, 0.2) is 5.82 Å². The molecule has 4 rings (SSSR count). The van der Waals surface area contributed by atoms with Crippen LogP contribution in [0.25, 0.3) is 0 Å². The number of aromatic nitrogens is 2. The lowest BCUT2D eigenvalue weighted by Crippen LogP contribution is -2.37. The van der Waals surface area contributed by atoms with Crippen LogP contribution in [0.5, 0.6) is 5.75 Å². The Balaban J connectivity index is 1.46. The van der Waals surface area contributed by atoms with Crippen LogP contribution in [0.2, 0.25) is 0 Å². The predicted octanol–water partition coefficient (Wildman–Crippen LogP) is 2.25. The minimum absolute atomic E-state index is 0.185. The number of halogens is 1. The van der Waals surface area contributed by atoms with E-state index in [1.54, 1.807) is 7.11 Å². The molecular weight excluding hydrogens is 335 g/mol. The summed E-state index contributed by atoms with van der Waals surface area (Å²) in [6, 6.07) is 7.81. The monoisotopic (exact) mass is 356 g/mol. The molecule has 2 saturated heterocycles. The molecule has 3 heterocycles. The summed E-state index contributed by atoms with van der Waals surface area (Å²) in [5, 5.41) is 0. The smallest absolute Gasteiger partial charge is 0.231 e. The van der Waals surface area contributed by atoms with Gasteiger partial charge < -0.3 is 14.5 Å². The molecule has 0 radical (unpaired) electrons. The van der Waals surface area contributed by atoms with E-state index >= 15 is 0 Å². The summed E-state index contributed by atoms with van der Waals surface area (Å²) < 4.78 is 18.3. The normalized spacial score (nSPS) is 22.5. The topological polar surface area (TPSA) is 58.6 Å². The van der Waals surface area contributed by atoms with Crippen molar-refractivity contribution in [2.45, 2.75) is 19.4 Å². The van der Waals surface area contributed by atoms with Crippen molar-refractivity contribution in [1.82, 2.24) is 14.9 Å². The average Bonchev–Trinajstić information content (AvgIpc) is 3.22. The summed E-state index contributed by atoms with van der Waals surface area (Å²) in [7, 11) is 1.64. The van der Waals surface area contributed by atoms with Crippen molar-refractivity contribution in [1.29, 1.82) is 0 Å². The molecule has 0 N–H and O–H groups in total. The van der Waals surface area contributed by atoms with Crippen molar-refractivity contribution in [2.75, 3.05) is 31.6 Å². The molecule has 2 aliphatic heterocycles. The molecule has 1 spiro atoms. The van der Waals surface area contributed by atoms with Gasteiger partial charge in [0, 0.05) is 26.2 Å². The van der Waals surface area contributed by atoms with E-state index in [-0.39, 0.29) is 11.3 Å². The van der Waals surface area contributed by atoms with E-state index in [1.807, 2.05) is 34.1 Å². The van der Waals surface area contributed by atoms with Crippen LogP contribution in [-0.2, 0) is 11.3 Å². The fourth-order valence-electron chi connectivity index (χ4n) is 3.93. The van der Waals surface area contributed by atoms with Gasteiger partial charge in [-0.25, -0.2) is 14.4 Å². The number of rotatable bonds is 4. The first-order valence-corrected chi connectivity index (χ1v) is 8.74. The zero-order chi connectivity index (χ0) is 18.1. The zero-order valence-corrected chi connectivity index (χ0v) is 14.7. The first kappa shape index (κ1) is 16.8. The second-order valence-electron chi connectivity index (χ2n) is 6.98. The van der Waals surface area contributed by atoms with Crippen molar-refractivity contribution in [3.8, 4) is 5.75 Å². The van der Waals surface area contributed by atoms with Crippen LogP contribution in [0.15, 0.2) is 36.7 Å². The lowest BCUT2D eigenvalue weighted by Gasteiger charge is -2.23. The number of carbonyl (C=O) groups is 1. The van der Waals surface area contributed by atoms with E-state index in [9.17, 15) is 9.18 Å². The van der Waals surface area contributed by atoms with E-state index in [1.165, 1.54) is 12.4 Å². The maximum atomic E-state index is 13.1. The second kappa shape index (κ2) is 6.55.